The molecule has 0 bridgehead atoms. The number of rotatable bonds is 1. The quantitative estimate of drug-likeness (QED) is 0.647. The van der Waals surface area contributed by atoms with Crippen molar-refractivity contribution in [1.82, 2.24) is 9.38 Å². The van der Waals surface area contributed by atoms with Gasteiger partial charge in [-0.1, -0.05) is 12.1 Å². The Kier molecular flexibility index (Phi) is 2.33. The first-order valence-corrected chi connectivity index (χ1v) is 7.61. The Labute approximate surface area is 116 Å². The topological polar surface area (TPSA) is 17.3 Å². The summed E-state index contributed by atoms with van der Waals surface area (Å²) < 4.78 is 2.30. The van der Waals surface area contributed by atoms with Crippen molar-refractivity contribution in [2.75, 3.05) is 0 Å². The second-order valence-electron chi connectivity index (χ2n) is 5.40. The van der Waals surface area contributed by atoms with Crippen LogP contribution in [0.3, 0.4) is 0 Å². The molecular weight excluding hydrogens is 252 g/mol. The average Bonchev–Trinajstić information content (AvgIpc) is 3.03. The van der Waals surface area contributed by atoms with E-state index in [-0.39, 0.29) is 0 Å². The predicted molar refractivity (Wildman–Crippen MR) is 80.0 cm³/mol. The van der Waals surface area contributed by atoms with E-state index in [4.69, 9.17) is 4.98 Å². The minimum atomic E-state index is 1.10. The van der Waals surface area contributed by atoms with Gasteiger partial charge in [0.1, 0.15) is 0 Å². The minimum Gasteiger partial charge on any atom is -0.294 e. The van der Waals surface area contributed by atoms with Gasteiger partial charge in [-0.25, -0.2) is 4.98 Å². The zero-order valence-corrected chi connectivity index (χ0v) is 12.0. The maximum atomic E-state index is 4.80. The molecule has 0 saturated heterocycles. The Bertz CT molecular complexity index is 779. The molecule has 0 amide bonds. The zero-order chi connectivity index (χ0) is 13.0. The molecule has 0 saturated carbocycles. The van der Waals surface area contributed by atoms with Crippen LogP contribution in [-0.4, -0.2) is 9.38 Å². The molecule has 0 radical (unpaired) electrons. The predicted octanol–water partition coefficient (Wildman–Crippen LogP) is 4.17. The molecule has 0 atom stereocenters. The normalized spacial score (nSPS) is 14.2. The van der Waals surface area contributed by atoms with Crippen LogP contribution in [0.2, 0.25) is 0 Å². The summed E-state index contributed by atoms with van der Waals surface area (Å²) in [5, 5.41) is 0. The van der Waals surface area contributed by atoms with Crippen LogP contribution >= 0.6 is 11.3 Å². The summed E-state index contributed by atoms with van der Waals surface area (Å²) in [6, 6.07) is 6.60. The fraction of sp³-hybridized carbons (Fsp3) is 0.312. The Hall–Kier alpha value is -1.61. The van der Waals surface area contributed by atoms with Crippen molar-refractivity contribution in [1.29, 1.82) is 0 Å². The second kappa shape index (κ2) is 3.94. The number of hydrogen-bond acceptors (Lipinski definition) is 2. The fourth-order valence-corrected chi connectivity index (χ4v) is 4.03. The summed E-state index contributed by atoms with van der Waals surface area (Å²) in [4.78, 5) is 7.49. The van der Waals surface area contributed by atoms with E-state index in [1.165, 1.54) is 46.5 Å². The number of fused-ring (bicyclic) bond motifs is 3. The molecule has 2 heterocycles. The molecule has 3 heteroatoms. The minimum absolute atomic E-state index is 1.10. The van der Waals surface area contributed by atoms with Crippen LogP contribution in [0.1, 0.15) is 28.1 Å². The van der Waals surface area contributed by atoms with Gasteiger partial charge in [0.25, 0.3) is 0 Å². The molecule has 0 N–H and O–H groups in total. The molecule has 19 heavy (non-hydrogen) atoms. The molecule has 2 nitrogen and oxygen atoms in total. The van der Waals surface area contributed by atoms with E-state index in [9.17, 15) is 0 Å². The molecule has 0 unspecified atom stereocenters. The maximum Gasteiger partial charge on any atom is 0.194 e. The van der Waals surface area contributed by atoms with Crippen molar-refractivity contribution in [3.8, 4) is 11.3 Å². The number of aryl methyl sites for hydroxylation is 4. The first-order valence-electron chi connectivity index (χ1n) is 6.79. The maximum absolute atomic E-state index is 4.80. The SMILES string of the molecule is Cc1ccc(-c2cn3c4c(sc3n2)CCC4)cc1C. The lowest BCUT2D eigenvalue weighted by Gasteiger charge is -2.02. The molecule has 3 aromatic rings. The molecule has 1 aliphatic carbocycles. The van der Waals surface area contributed by atoms with Crippen molar-refractivity contribution in [3.63, 3.8) is 0 Å². The van der Waals surface area contributed by atoms with Gasteiger partial charge < -0.3 is 0 Å². The zero-order valence-electron chi connectivity index (χ0n) is 11.2. The summed E-state index contributed by atoms with van der Waals surface area (Å²) >= 11 is 1.86. The first-order chi connectivity index (χ1) is 9.22. The molecule has 0 fully saturated rings. The van der Waals surface area contributed by atoms with E-state index in [2.05, 4.69) is 42.6 Å². The van der Waals surface area contributed by atoms with Gasteiger partial charge in [-0.15, -0.1) is 11.3 Å². The second-order valence-corrected chi connectivity index (χ2v) is 6.47. The molecular formula is C16H16N2S. The van der Waals surface area contributed by atoms with Crippen molar-refractivity contribution in [2.24, 2.45) is 0 Å². The summed E-state index contributed by atoms with van der Waals surface area (Å²) in [5.41, 5.74) is 6.49. The Morgan fingerprint density at radius 2 is 2.05 bits per heavy atom. The lowest BCUT2D eigenvalue weighted by atomic mass is 10.1. The van der Waals surface area contributed by atoms with Gasteiger partial charge in [0.15, 0.2) is 4.96 Å². The number of nitrogens with zero attached hydrogens (tertiary/aromatic N) is 2. The van der Waals surface area contributed by atoms with Crippen molar-refractivity contribution in [2.45, 2.75) is 33.1 Å². The lowest BCUT2D eigenvalue weighted by Crippen LogP contribution is -1.86. The Balaban J connectivity index is 1.87. The number of imidazole rings is 1. The van der Waals surface area contributed by atoms with E-state index in [0.29, 0.717) is 0 Å². The number of benzene rings is 1. The van der Waals surface area contributed by atoms with Crippen LogP contribution in [0.25, 0.3) is 16.2 Å². The number of hydrogen-bond donors (Lipinski definition) is 0. The smallest absolute Gasteiger partial charge is 0.194 e. The Morgan fingerprint density at radius 3 is 2.89 bits per heavy atom. The van der Waals surface area contributed by atoms with Crippen LogP contribution in [0.15, 0.2) is 24.4 Å². The van der Waals surface area contributed by atoms with Crippen LogP contribution < -0.4 is 0 Å². The standard InChI is InChI=1S/C16H16N2S/c1-10-6-7-12(8-11(10)2)13-9-18-14-4-3-5-15(14)19-16(18)17-13/h6-9H,3-5H2,1-2H3. The monoisotopic (exact) mass is 268 g/mol. The molecule has 4 rings (SSSR count). The highest BCUT2D eigenvalue weighted by atomic mass is 32.1. The van der Waals surface area contributed by atoms with E-state index in [0.717, 1.165) is 10.7 Å². The van der Waals surface area contributed by atoms with Gasteiger partial charge in [0, 0.05) is 22.3 Å². The molecule has 2 aromatic heterocycles. The molecule has 1 aliphatic rings. The largest absolute Gasteiger partial charge is 0.294 e. The van der Waals surface area contributed by atoms with Crippen LogP contribution in [0.4, 0.5) is 0 Å². The summed E-state index contributed by atoms with van der Waals surface area (Å²) in [7, 11) is 0. The van der Waals surface area contributed by atoms with Gasteiger partial charge in [-0.2, -0.15) is 0 Å². The van der Waals surface area contributed by atoms with Crippen LogP contribution in [0, 0.1) is 13.8 Å². The highest BCUT2D eigenvalue weighted by Gasteiger charge is 2.19. The molecule has 96 valence electrons. The molecule has 0 spiro atoms. The summed E-state index contributed by atoms with van der Waals surface area (Å²) in [5.74, 6) is 0. The lowest BCUT2D eigenvalue weighted by molar-refractivity contribution is 0.888. The van der Waals surface area contributed by atoms with Gasteiger partial charge in [0.2, 0.25) is 0 Å². The Morgan fingerprint density at radius 1 is 1.16 bits per heavy atom. The van der Waals surface area contributed by atoms with E-state index in [1.807, 2.05) is 11.3 Å². The van der Waals surface area contributed by atoms with E-state index >= 15 is 0 Å². The summed E-state index contributed by atoms with van der Waals surface area (Å²) in [6.07, 6.45) is 5.95. The third-order valence-electron chi connectivity index (χ3n) is 4.12. The first kappa shape index (κ1) is 11.2. The van der Waals surface area contributed by atoms with Crippen molar-refractivity contribution in [3.05, 3.63) is 46.1 Å². The molecule has 1 aromatic carbocycles. The molecule has 0 aliphatic heterocycles. The summed E-state index contributed by atoms with van der Waals surface area (Å²) in [6.45, 7) is 4.31. The third-order valence-corrected chi connectivity index (χ3v) is 5.28. The van der Waals surface area contributed by atoms with E-state index in [1.54, 1.807) is 0 Å². The van der Waals surface area contributed by atoms with Gasteiger partial charge >= 0.3 is 0 Å². The van der Waals surface area contributed by atoms with E-state index < -0.39 is 0 Å². The van der Waals surface area contributed by atoms with Crippen LogP contribution in [0.5, 0.6) is 0 Å². The van der Waals surface area contributed by atoms with Crippen LogP contribution in [-0.2, 0) is 12.8 Å². The van der Waals surface area contributed by atoms with Crippen molar-refractivity contribution < 1.29 is 0 Å². The number of thiazole rings is 1. The average molecular weight is 268 g/mol. The number of aromatic nitrogens is 2. The fourth-order valence-electron chi connectivity index (χ4n) is 2.84. The van der Waals surface area contributed by atoms with Gasteiger partial charge in [-0.05, 0) is 50.3 Å². The van der Waals surface area contributed by atoms with Gasteiger partial charge in [0.05, 0.1) is 5.69 Å². The highest BCUT2D eigenvalue weighted by molar-refractivity contribution is 7.17. The third kappa shape index (κ3) is 1.65. The van der Waals surface area contributed by atoms with Gasteiger partial charge in [-0.3, -0.25) is 4.40 Å². The highest BCUT2D eigenvalue weighted by Crippen LogP contribution is 2.33. The van der Waals surface area contributed by atoms with Crippen molar-refractivity contribution >= 4 is 16.3 Å².